The molecule has 200 valence electrons. The smallest absolute Gasteiger partial charge is 0.256 e. The zero-order valence-corrected chi connectivity index (χ0v) is 22.8. The van der Waals surface area contributed by atoms with Crippen molar-refractivity contribution in [3.8, 4) is 0 Å². The average molecular weight is 518 g/mol. The molecule has 0 bridgehead atoms. The van der Waals surface area contributed by atoms with Crippen LogP contribution >= 0.6 is 0 Å². The van der Waals surface area contributed by atoms with E-state index in [4.69, 9.17) is 15.5 Å². The number of carbonyl (C=O) groups is 1. The maximum Gasteiger partial charge on any atom is 0.256 e. The molecule has 1 aliphatic rings. The molecule has 1 fully saturated rings. The van der Waals surface area contributed by atoms with E-state index in [1.54, 1.807) is 25.4 Å². The van der Waals surface area contributed by atoms with Gasteiger partial charge in [0.05, 0.1) is 19.4 Å². The summed E-state index contributed by atoms with van der Waals surface area (Å²) in [5.41, 5.74) is 10.9. The lowest BCUT2D eigenvalue weighted by Crippen LogP contribution is -2.37. The molecule has 1 amide bonds. The molecule has 2 aromatic heterocycles. The number of aromatic nitrogens is 4. The zero-order chi connectivity index (χ0) is 27.4. The Hall–Kier alpha value is -4.12. The SMILES string of the molecule is CN=C(C=C(N)C(C)(C)C)NC(=O)c1cc(C)c(C)c(Nc2ncnc3cnc(N4CCOCC4)nc23)c1. The molecule has 0 unspecified atom stereocenters. The van der Waals surface area contributed by atoms with E-state index in [1.165, 1.54) is 6.33 Å². The third-order valence-corrected chi connectivity index (χ3v) is 6.48. The summed E-state index contributed by atoms with van der Waals surface area (Å²) in [4.78, 5) is 37.5. The number of amides is 1. The van der Waals surface area contributed by atoms with E-state index in [0.29, 0.717) is 53.1 Å². The van der Waals surface area contributed by atoms with E-state index < -0.39 is 0 Å². The van der Waals surface area contributed by atoms with Crippen LogP contribution in [0, 0.1) is 19.3 Å². The van der Waals surface area contributed by atoms with Gasteiger partial charge in [0.15, 0.2) is 5.82 Å². The van der Waals surface area contributed by atoms with Crippen molar-refractivity contribution in [2.75, 3.05) is 43.6 Å². The number of amidine groups is 1. The van der Waals surface area contributed by atoms with Crippen molar-refractivity contribution in [2.45, 2.75) is 34.6 Å². The Kier molecular flexibility index (Phi) is 7.86. The van der Waals surface area contributed by atoms with Gasteiger partial charge in [0.25, 0.3) is 5.91 Å². The van der Waals surface area contributed by atoms with Crippen LogP contribution < -0.4 is 21.3 Å². The molecule has 0 saturated carbocycles. The molecule has 1 saturated heterocycles. The largest absolute Gasteiger partial charge is 0.401 e. The van der Waals surface area contributed by atoms with Crippen molar-refractivity contribution in [3.63, 3.8) is 0 Å². The monoisotopic (exact) mass is 517 g/mol. The molecule has 11 nitrogen and oxygen atoms in total. The summed E-state index contributed by atoms with van der Waals surface area (Å²) in [5, 5.41) is 6.24. The summed E-state index contributed by atoms with van der Waals surface area (Å²) in [6.45, 7) is 12.7. The number of aryl methyl sites for hydroxylation is 1. The standard InChI is InChI=1S/C27H35N9O2/c1-16-11-18(25(37)34-22(29-6)13-21(28)27(3,4)5)12-19(17(16)2)33-24-23-20(31-15-32-24)14-30-26(35-23)36-7-9-38-10-8-36/h11-15H,7-10,28H2,1-6H3,(H,29,34,37)(H,31,32,33). The second-order valence-electron chi connectivity index (χ2n) is 10.2. The molecule has 4 N–H and O–H groups in total. The fourth-order valence-corrected chi connectivity index (χ4v) is 3.81. The Morgan fingerprint density at radius 2 is 1.89 bits per heavy atom. The van der Waals surface area contributed by atoms with Gasteiger partial charge in [-0.1, -0.05) is 20.8 Å². The number of nitrogens with two attached hydrogens (primary N) is 1. The molecule has 1 aromatic carbocycles. The van der Waals surface area contributed by atoms with Crippen LogP contribution in [-0.4, -0.2) is 65.0 Å². The van der Waals surface area contributed by atoms with Gasteiger partial charge in [0, 0.05) is 42.5 Å². The molecule has 4 rings (SSSR count). The predicted octanol–water partition coefficient (Wildman–Crippen LogP) is 3.26. The summed E-state index contributed by atoms with van der Waals surface area (Å²) in [5.74, 6) is 1.24. The van der Waals surface area contributed by atoms with Crippen LogP contribution in [0.4, 0.5) is 17.5 Å². The summed E-state index contributed by atoms with van der Waals surface area (Å²) in [6.07, 6.45) is 4.86. The molecule has 11 heteroatoms. The molecule has 0 spiro atoms. The summed E-state index contributed by atoms with van der Waals surface area (Å²) in [7, 11) is 1.61. The molecule has 1 aliphatic heterocycles. The number of aliphatic imine (C=N–C) groups is 1. The van der Waals surface area contributed by atoms with Crippen molar-refractivity contribution in [3.05, 3.63) is 53.1 Å². The molecule has 0 aliphatic carbocycles. The first-order chi connectivity index (χ1) is 18.1. The van der Waals surface area contributed by atoms with Crippen LogP contribution in [0.25, 0.3) is 11.0 Å². The molecule has 3 heterocycles. The summed E-state index contributed by atoms with van der Waals surface area (Å²) < 4.78 is 5.45. The molecular weight excluding hydrogens is 482 g/mol. The molecule has 3 aromatic rings. The highest BCUT2D eigenvalue weighted by atomic mass is 16.5. The number of nitrogens with one attached hydrogen (secondary N) is 2. The number of benzene rings is 1. The molecule has 0 radical (unpaired) electrons. The highest BCUT2D eigenvalue weighted by Crippen LogP contribution is 2.28. The first kappa shape index (κ1) is 26.9. The number of morpholine rings is 1. The Morgan fingerprint density at radius 3 is 2.58 bits per heavy atom. The minimum absolute atomic E-state index is 0.246. The molecular formula is C27H35N9O2. The van der Waals surface area contributed by atoms with Gasteiger partial charge in [0.1, 0.15) is 23.2 Å². The third kappa shape index (κ3) is 6.05. The van der Waals surface area contributed by atoms with Gasteiger partial charge in [-0.2, -0.15) is 0 Å². The fraction of sp³-hybridized carbons (Fsp3) is 0.407. The van der Waals surface area contributed by atoms with Crippen LogP contribution in [0.15, 0.2) is 41.4 Å². The van der Waals surface area contributed by atoms with E-state index >= 15 is 0 Å². The van der Waals surface area contributed by atoms with Crippen molar-refractivity contribution < 1.29 is 9.53 Å². The highest BCUT2D eigenvalue weighted by Gasteiger charge is 2.19. The Labute approximate surface area is 222 Å². The lowest BCUT2D eigenvalue weighted by Gasteiger charge is -2.26. The van der Waals surface area contributed by atoms with Gasteiger partial charge in [-0.15, -0.1) is 0 Å². The first-order valence-electron chi connectivity index (χ1n) is 12.5. The molecule has 38 heavy (non-hydrogen) atoms. The minimum atomic E-state index is -0.292. The second kappa shape index (κ2) is 11.1. The Morgan fingerprint density at radius 1 is 1.16 bits per heavy atom. The number of carbonyl (C=O) groups excluding carboxylic acids is 1. The first-order valence-corrected chi connectivity index (χ1v) is 12.5. The predicted molar refractivity (Wildman–Crippen MR) is 150 cm³/mol. The van der Waals surface area contributed by atoms with E-state index in [-0.39, 0.29) is 11.3 Å². The number of hydrogen-bond donors (Lipinski definition) is 3. The lowest BCUT2D eigenvalue weighted by atomic mass is 9.92. The van der Waals surface area contributed by atoms with Crippen LogP contribution in [-0.2, 0) is 4.74 Å². The number of rotatable bonds is 5. The normalized spacial score (nSPS) is 15.1. The lowest BCUT2D eigenvalue weighted by molar-refractivity contribution is 0.0977. The Bertz CT molecular complexity index is 1400. The minimum Gasteiger partial charge on any atom is -0.401 e. The molecule has 0 atom stereocenters. The van der Waals surface area contributed by atoms with Gasteiger partial charge in [-0.25, -0.2) is 19.9 Å². The number of anilines is 3. The highest BCUT2D eigenvalue weighted by molar-refractivity contribution is 6.11. The van der Waals surface area contributed by atoms with Gasteiger partial charge in [0.2, 0.25) is 5.95 Å². The van der Waals surface area contributed by atoms with Crippen LogP contribution in [0.5, 0.6) is 0 Å². The fourth-order valence-electron chi connectivity index (χ4n) is 3.81. The topological polar surface area (TPSA) is 144 Å². The Balaban J connectivity index is 1.64. The van der Waals surface area contributed by atoms with Crippen LogP contribution in [0.3, 0.4) is 0 Å². The third-order valence-electron chi connectivity index (χ3n) is 6.48. The summed E-state index contributed by atoms with van der Waals surface area (Å²) >= 11 is 0. The maximum absolute atomic E-state index is 13.2. The number of ether oxygens (including phenoxy) is 1. The van der Waals surface area contributed by atoms with Crippen molar-refractivity contribution in [2.24, 2.45) is 16.1 Å². The van der Waals surface area contributed by atoms with E-state index in [9.17, 15) is 4.79 Å². The van der Waals surface area contributed by atoms with Gasteiger partial charge >= 0.3 is 0 Å². The number of hydrogen-bond acceptors (Lipinski definition) is 10. The van der Waals surface area contributed by atoms with Crippen molar-refractivity contribution in [1.29, 1.82) is 0 Å². The van der Waals surface area contributed by atoms with Gasteiger partial charge < -0.3 is 26.0 Å². The van der Waals surface area contributed by atoms with Crippen molar-refractivity contribution in [1.82, 2.24) is 25.3 Å². The zero-order valence-electron chi connectivity index (χ0n) is 22.8. The van der Waals surface area contributed by atoms with Gasteiger partial charge in [-0.3, -0.25) is 9.79 Å². The number of fused-ring (bicyclic) bond motifs is 1. The van der Waals surface area contributed by atoms with Crippen LogP contribution in [0.2, 0.25) is 0 Å². The summed E-state index contributed by atoms with van der Waals surface area (Å²) in [6, 6.07) is 3.64. The second-order valence-corrected chi connectivity index (χ2v) is 10.2. The van der Waals surface area contributed by atoms with E-state index in [2.05, 4.69) is 35.5 Å². The van der Waals surface area contributed by atoms with Gasteiger partial charge in [-0.05, 0) is 43.2 Å². The van der Waals surface area contributed by atoms with E-state index in [0.717, 1.165) is 29.9 Å². The average Bonchev–Trinajstić information content (AvgIpc) is 2.90. The number of allylic oxidation sites excluding steroid dienone is 1. The maximum atomic E-state index is 13.2. The van der Waals surface area contributed by atoms with Crippen molar-refractivity contribution >= 4 is 40.2 Å². The van der Waals surface area contributed by atoms with E-state index in [1.807, 2.05) is 40.7 Å². The number of nitrogens with zero attached hydrogens (tertiary/aromatic N) is 6. The van der Waals surface area contributed by atoms with Crippen LogP contribution in [0.1, 0.15) is 42.3 Å². The quantitative estimate of drug-likeness (QED) is 0.343.